The standard InChI is InChI=1S/C55H71NO3SSi2/c1-10-13-18-29-44(58-61(53(4,5)6,45-30-19-14-20-31-45)46-32-21-15-22-33-46)39-40-49-50-41-43(28-27-38-52(60)57-12-3)56-55(50,11-2)42-51(49)59-62(54(7,8)9,47-34-23-16-24-35-47)48-36-25-17-26-37-48/h2,14-17,19-26,30-37,39-40,44,49-51H,10,12-13,18,27-29,38,41-42H2,1,3-9H3/t44-,49?,50?,51?,55?/m0/s1. The first-order valence-corrected chi connectivity index (χ1v) is 27.4. The van der Waals surface area contributed by atoms with Crippen molar-refractivity contribution in [1.29, 1.82) is 0 Å². The summed E-state index contributed by atoms with van der Waals surface area (Å²) >= 11 is 5.51. The highest BCUT2D eigenvalue weighted by molar-refractivity contribution is 7.80. The van der Waals surface area contributed by atoms with Gasteiger partial charge < -0.3 is 13.6 Å². The van der Waals surface area contributed by atoms with E-state index in [0.717, 1.165) is 51.4 Å². The fraction of sp³-hybridized carbons (Fsp3) is 0.455. The monoisotopic (exact) mass is 881 g/mol. The van der Waals surface area contributed by atoms with Gasteiger partial charge in [-0.1, -0.05) is 207 Å². The molecule has 62 heavy (non-hydrogen) atoms. The molecule has 1 heterocycles. The molecule has 1 aliphatic heterocycles. The smallest absolute Gasteiger partial charge is 0.261 e. The maximum atomic E-state index is 8.07. The van der Waals surface area contributed by atoms with Gasteiger partial charge in [0.15, 0.2) is 5.05 Å². The van der Waals surface area contributed by atoms with Gasteiger partial charge in [-0.3, -0.25) is 4.99 Å². The molecule has 2 aliphatic rings. The van der Waals surface area contributed by atoms with E-state index in [2.05, 4.69) is 188 Å². The van der Waals surface area contributed by atoms with E-state index in [1.807, 2.05) is 6.92 Å². The number of unbranched alkanes of at least 4 members (excludes halogenated alkanes) is 2. The van der Waals surface area contributed by atoms with Gasteiger partial charge in [0.2, 0.25) is 0 Å². The van der Waals surface area contributed by atoms with E-state index in [9.17, 15) is 0 Å². The highest BCUT2D eigenvalue weighted by Crippen LogP contribution is 2.53. The minimum absolute atomic E-state index is 0.0230. The lowest BCUT2D eigenvalue weighted by Gasteiger charge is -2.46. The van der Waals surface area contributed by atoms with Crippen molar-refractivity contribution in [2.75, 3.05) is 6.61 Å². The molecule has 0 bridgehead atoms. The van der Waals surface area contributed by atoms with Crippen molar-refractivity contribution in [2.24, 2.45) is 16.8 Å². The number of hydrogen-bond donors (Lipinski definition) is 0. The first-order chi connectivity index (χ1) is 29.7. The second kappa shape index (κ2) is 20.7. The predicted molar refractivity (Wildman–Crippen MR) is 272 cm³/mol. The van der Waals surface area contributed by atoms with Crippen molar-refractivity contribution in [2.45, 2.75) is 141 Å². The molecule has 1 fully saturated rings. The molecule has 6 rings (SSSR count). The van der Waals surface area contributed by atoms with E-state index in [1.54, 1.807) is 0 Å². The Morgan fingerprint density at radius 2 is 1.27 bits per heavy atom. The van der Waals surface area contributed by atoms with Crippen molar-refractivity contribution >= 4 is 60.4 Å². The third-order valence-electron chi connectivity index (χ3n) is 13.4. The molecular formula is C55H71NO3SSi2. The summed E-state index contributed by atoms with van der Waals surface area (Å²) in [5, 5.41) is 5.48. The quantitative estimate of drug-likeness (QED) is 0.0309. The number of hydrogen-bond acceptors (Lipinski definition) is 5. The lowest BCUT2D eigenvalue weighted by Crippen LogP contribution is -2.68. The van der Waals surface area contributed by atoms with Gasteiger partial charge in [0.05, 0.1) is 18.8 Å². The molecule has 5 atom stereocenters. The second-order valence-corrected chi connectivity index (χ2v) is 28.5. The van der Waals surface area contributed by atoms with Gasteiger partial charge in [-0.15, -0.1) is 6.42 Å². The zero-order valence-corrected chi connectivity index (χ0v) is 41.6. The van der Waals surface area contributed by atoms with E-state index in [0.29, 0.717) is 18.1 Å². The number of fused-ring (bicyclic) bond motifs is 1. The fourth-order valence-electron chi connectivity index (χ4n) is 10.5. The van der Waals surface area contributed by atoms with Crippen LogP contribution < -0.4 is 20.7 Å². The summed E-state index contributed by atoms with van der Waals surface area (Å²) in [5.41, 5.74) is 0.537. The molecule has 4 nitrogen and oxygen atoms in total. The van der Waals surface area contributed by atoms with Crippen molar-refractivity contribution < 1.29 is 13.6 Å². The Morgan fingerprint density at radius 1 is 0.774 bits per heavy atom. The largest absolute Gasteiger partial charge is 0.487 e. The number of nitrogens with zero attached hydrogens (tertiary/aromatic N) is 1. The molecule has 0 aromatic heterocycles. The molecule has 1 aliphatic carbocycles. The van der Waals surface area contributed by atoms with Crippen LogP contribution in [0.25, 0.3) is 0 Å². The highest BCUT2D eigenvalue weighted by Gasteiger charge is 2.60. The first-order valence-electron chi connectivity index (χ1n) is 23.2. The molecule has 328 valence electrons. The Morgan fingerprint density at radius 3 is 1.73 bits per heavy atom. The van der Waals surface area contributed by atoms with Gasteiger partial charge in [-0.2, -0.15) is 0 Å². The van der Waals surface area contributed by atoms with Crippen LogP contribution in [-0.2, 0) is 13.6 Å². The molecule has 0 amide bonds. The van der Waals surface area contributed by atoms with Gasteiger partial charge >= 0.3 is 0 Å². The highest BCUT2D eigenvalue weighted by atomic mass is 32.1. The third-order valence-corrected chi connectivity index (χ3v) is 23.8. The molecule has 0 N–H and O–H groups in total. The maximum absolute atomic E-state index is 8.07. The van der Waals surface area contributed by atoms with Crippen molar-refractivity contribution in [1.82, 2.24) is 0 Å². The van der Waals surface area contributed by atoms with Crippen molar-refractivity contribution in [3.8, 4) is 12.3 Å². The van der Waals surface area contributed by atoms with Crippen LogP contribution in [0.3, 0.4) is 0 Å². The number of rotatable bonds is 19. The Bertz CT molecular complexity index is 2060. The van der Waals surface area contributed by atoms with Crippen LogP contribution in [0.1, 0.15) is 113 Å². The third kappa shape index (κ3) is 10.1. The van der Waals surface area contributed by atoms with E-state index < -0.39 is 22.2 Å². The number of benzene rings is 4. The van der Waals surface area contributed by atoms with Crippen LogP contribution in [0.5, 0.6) is 0 Å². The number of ether oxygens (including phenoxy) is 1. The topological polar surface area (TPSA) is 40.0 Å². The minimum atomic E-state index is -2.95. The molecule has 1 saturated carbocycles. The molecule has 4 aromatic rings. The summed E-state index contributed by atoms with van der Waals surface area (Å²) in [6.07, 6.45) is 19.7. The second-order valence-electron chi connectivity index (χ2n) is 19.5. The summed E-state index contributed by atoms with van der Waals surface area (Å²) in [6.45, 7) is 19.1. The summed E-state index contributed by atoms with van der Waals surface area (Å²) in [7, 11) is -5.80. The summed E-state index contributed by atoms with van der Waals surface area (Å²) < 4.78 is 21.6. The summed E-state index contributed by atoms with van der Waals surface area (Å²) in [5.74, 6) is 3.45. The van der Waals surface area contributed by atoms with E-state index in [4.69, 9.17) is 37.2 Å². The summed E-state index contributed by atoms with van der Waals surface area (Å²) in [6, 6.07) is 44.1. The van der Waals surface area contributed by atoms with Crippen molar-refractivity contribution in [3.63, 3.8) is 0 Å². The first kappa shape index (κ1) is 47.6. The Balaban J connectivity index is 1.47. The lowest BCUT2D eigenvalue weighted by atomic mass is 9.82. The Kier molecular flexibility index (Phi) is 15.9. The predicted octanol–water partition coefficient (Wildman–Crippen LogP) is 11.4. The van der Waals surface area contributed by atoms with Crippen LogP contribution in [0.2, 0.25) is 10.1 Å². The minimum Gasteiger partial charge on any atom is -0.487 e. The van der Waals surface area contributed by atoms with Gasteiger partial charge in [0.1, 0.15) is 5.54 Å². The van der Waals surface area contributed by atoms with E-state index in [-0.39, 0.29) is 34.1 Å². The lowest BCUT2D eigenvalue weighted by molar-refractivity contribution is 0.153. The van der Waals surface area contributed by atoms with Crippen LogP contribution in [0.4, 0.5) is 0 Å². The Hall–Kier alpha value is -3.91. The number of terminal acetylenes is 1. The molecular weight excluding hydrogens is 811 g/mol. The number of aliphatic imine (C=N–C) groups is 1. The van der Waals surface area contributed by atoms with Crippen LogP contribution in [-0.4, -0.2) is 51.8 Å². The SMILES string of the molecule is C#CC12CC(O[Si](c3ccccc3)(c3ccccc3)C(C)(C)C)C(C=C[C@H](CCCCC)O[Si](c3ccccc3)(c3ccccc3)C(C)(C)C)C1CC(CCCC(=S)OCC)=N2. The molecule has 4 aromatic carbocycles. The summed E-state index contributed by atoms with van der Waals surface area (Å²) in [4.78, 5) is 5.51. The zero-order valence-electron chi connectivity index (χ0n) is 38.7. The van der Waals surface area contributed by atoms with Gasteiger partial charge in [-0.05, 0) is 75.6 Å². The van der Waals surface area contributed by atoms with E-state index >= 15 is 0 Å². The Labute approximate surface area is 382 Å². The zero-order chi connectivity index (χ0) is 44.4. The molecule has 4 unspecified atom stereocenters. The van der Waals surface area contributed by atoms with E-state index in [1.165, 1.54) is 26.5 Å². The number of thiocarbonyl (C=S) groups is 1. The normalized spacial score (nSPS) is 21.0. The fourth-order valence-corrected chi connectivity index (χ4v) is 20.1. The molecule has 0 saturated heterocycles. The van der Waals surface area contributed by atoms with Gasteiger partial charge in [0.25, 0.3) is 16.6 Å². The average Bonchev–Trinajstić information content (AvgIpc) is 3.76. The average molecular weight is 882 g/mol. The molecule has 0 spiro atoms. The van der Waals surface area contributed by atoms with Gasteiger partial charge in [0, 0.05) is 30.4 Å². The van der Waals surface area contributed by atoms with Crippen molar-refractivity contribution in [3.05, 3.63) is 133 Å². The van der Waals surface area contributed by atoms with Gasteiger partial charge in [-0.25, -0.2) is 0 Å². The maximum Gasteiger partial charge on any atom is 0.261 e. The molecule has 7 heteroatoms. The molecule has 0 radical (unpaired) electrons. The van der Waals surface area contributed by atoms with Crippen LogP contribution >= 0.6 is 12.2 Å². The van der Waals surface area contributed by atoms with Crippen LogP contribution in [0, 0.1) is 24.2 Å². The van der Waals surface area contributed by atoms with Crippen LogP contribution in [0.15, 0.2) is 138 Å².